The van der Waals surface area contributed by atoms with E-state index in [1.54, 1.807) is 13.0 Å². The summed E-state index contributed by atoms with van der Waals surface area (Å²) in [6, 6.07) is 3.08. The Morgan fingerprint density at radius 3 is 2.60 bits per heavy atom. The van der Waals surface area contributed by atoms with E-state index < -0.39 is 6.10 Å². The van der Waals surface area contributed by atoms with Gasteiger partial charge in [0.15, 0.2) is 0 Å². The van der Waals surface area contributed by atoms with Crippen molar-refractivity contribution in [2.45, 2.75) is 13.0 Å². The van der Waals surface area contributed by atoms with Crippen LogP contribution < -0.4 is 0 Å². The van der Waals surface area contributed by atoms with Crippen molar-refractivity contribution in [3.05, 3.63) is 23.9 Å². The second kappa shape index (κ2) is 2.66. The van der Waals surface area contributed by atoms with E-state index in [1.807, 2.05) is 0 Å². The smallest absolute Gasteiger partial charge is 0.210 e. The maximum absolute atomic E-state index is 8.99. The third kappa shape index (κ3) is 1.45. The van der Waals surface area contributed by atoms with Crippen LogP contribution in [0, 0.1) is 0 Å². The highest BCUT2D eigenvalue weighted by atomic mass is 16.3. The lowest BCUT2D eigenvalue weighted by Gasteiger charge is -2.01. The third-order valence-electron chi connectivity index (χ3n) is 1.25. The molecule has 0 spiro atoms. The Kier molecular flexibility index (Phi) is 1.87. The first-order valence-electron chi connectivity index (χ1n) is 3.03. The van der Waals surface area contributed by atoms with E-state index in [1.165, 1.54) is 12.3 Å². The van der Waals surface area contributed by atoms with Gasteiger partial charge in [-0.15, -0.1) is 0 Å². The van der Waals surface area contributed by atoms with Gasteiger partial charge in [-0.2, -0.15) is 0 Å². The number of hydrogen-bond donors (Lipinski definition) is 2. The fraction of sp³-hybridized carbons (Fsp3) is 0.286. The van der Waals surface area contributed by atoms with Crippen molar-refractivity contribution in [1.82, 2.24) is 4.98 Å². The first-order chi connectivity index (χ1) is 4.70. The topological polar surface area (TPSA) is 53.4 Å². The summed E-state index contributed by atoms with van der Waals surface area (Å²) in [6.07, 6.45) is 0.924. The molecule has 0 bridgehead atoms. The minimum Gasteiger partial charge on any atom is -0.493 e. The molecule has 1 unspecified atom stereocenters. The summed E-state index contributed by atoms with van der Waals surface area (Å²) in [4.78, 5) is 3.60. The highest BCUT2D eigenvalue weighted by Crippen LogP contribution is 2.12. The van der Waals surface area contributed by atoms with E-state index in [0.717, 1.165) is 0 Å². The summed E-state index contributed by atoms with van der Waals surface area (Å²) in [5.74, 6) is -0.0237. The normalized spacial score (nSPS) is 13.0. The lowest BCUT2D eigenvalue weighted by molar-refractivity contribution is 0.198. The van der Waals surface area contributed by atoms with Gasteiger partial charge >= 0.3 is 0 Å². The van der Waals surface area contributed by atoms with Crippen molar-refractivity contribution in [2.24, 2.45) is 0 Å². The fourth-order valence-electron chi connectivity index (χ4n) is 0.645. The monoisotopic (exact) mass is 139 g/mol. The van der Waals surface area contributed by atoms with Gasteiger partial charge in [0.05, 0.1) is 6.10 Å². The number of aliphatic hydroxyl groups is 1. The maximum Gasteiger partial charge on any atom is 0.210 e. The molecule has 1 atom stereocenters. The lowest BCUT2D eigenvalue weighted by Crippen LogP contribution is -1.90. The van der Waals surface area contributed by atoms with Crippen LogP contribution in [0.3, 0.4) is 0 Å². The summed E-state index contributed by atoms with van der Waals surface area (Å²) >= 11 is 0. The van der Waals surface area contributed by atoms with Crippen LogP contribution in [-0.4, -0.2) is 15.2 Å². The zero-order valence-electron chi connectivity index (χ0n) is 5.65. The predicted molar refractivity (Wildman–Crippen MR) is 36.5 cm³/mol. The second-order valence-corrected chi connectivity index (χ2v) is 2.13. The minimum absolute atomic E-state index is 0.0237. The summed E-state index contributed by atoms with van der Waals surface area (Å²) in [5, 5.41) is 17.7. The molecule has 3 heteroatoms. The Morgan fingerprint density at radius 1 is 1.50 bits per heavy atom. The van der Waals surface area contributed by atoms with Crippen LogP contribution >= 0.6 is 0 Å². The van der Waals surface area contributed by atoms with Gasteiger partial charge in [-0.25, -0.2) is 4.98 Å². The van der Waals surface area contributed by atoms with E-state index in [-0.39, 0.29) is 5.88 Å². The molecule has 1 heterocycles. The largest absolute Gasteiger partial charge is 0.493 e. The number of aromatic hydroxyl groups is 1. The van der Waals surface area contributed by atoms with Gasteiger partial charge in [0.2, 0.25) is 5.88 Å². The van der Waals surface area contributed by atoms with Gasteiger partial charge < -0.3 is 10.2 Å². The lowest BCUT2D eigenvalue weighted by atomic mass is 10.2. The van der Waals surface area contributed by atoms with Crippen molar-refractivity contribution >= 4 is 0 Å². The summed E-state index contributed by atoms with van der Waals surface area (Å²) < 4.78 is 0. The Hall–Kier alpha value is -1.09. The SMILES string of the molecule is CC(O)c1ccc(O)nc1. The third-order valence-corrected chi connectivity index (χ3v) is 1.25. The molecule has 0 saturated heterocycles. The molecule has 10 heavy (non-hydrogen) atoms. The van der Waals surface area contributed by atoms with Crippen molar-refractivity contribution in [1.29, 1.82) is 0 Å². The van der Waals surface area contributed by atoms with Gasteiger partial charge in [0.25, 0.3) is 0 Å². The molecule has 1 aromatic heterocycles. The molecule has 0 fully saturated rings. The molecule has 0 aliphatic heterocycles. The average molecular weight is 139 g/mol. The predicted octanol–water partition coefficient (Wildman–Crippen LogP) is 0.840. The van der Waals surface area contributed by atoms with Gasteiger partial charge in [-0.1, -0.05) is 0 Å². The minimum atomic E-state index is -0.520. The zero-order chi connectivity index (χ0) is 7.56. The van der Waals surface area contributed by atoms with E-state index in [9.17, 15) is 0 Å². The van der Waals surface area contributed by atoms with Crippen LogP contribution in [-0.2, 0) is 0 Å². The van der Waals surface area contributed by atoms with Crippen LogP contribution in [0.1, 0.15) is 18.6 Å². The molecule has 1 rings (SSSR count). The Bertz CT molecular complexity index is 205. The molecule has 0 aromatic carbocycles. The average Bonchev–Trinajstić information content (AvgIpc) is 1.88. The van der Waals surface area contributed by atoms with Gasteiger partial charge in [0.1, 0.15) is 0 Å². The molecule has 1 aromatic rings. The number of hydrogen-bond acceptors (Lipinski definition) is 3. The van der Waals surface area contributed by atoms with Crippen LogP contribution in [0.4, 0.5) is 0 Å². The number of rotatable bonds is 1. The number of nitrogens with zero attached hydrogens (tertiary/aromatic N) is 1. The van der Waals surface area contributed by atoms with Crippen LogP contribution in [0.15, 0.2) is 18.3 Å². The van der Waals surface area contributed by atoms with E-state index in [0.29, 0.717) is 5.56 Å². The Labute approximate surface area is 59.0 Å². The zero-order valence-corrected chi connectivity index (χ0v) is 5.65. The molecule has 0 saturated carbocycles. The van der Waals surface area contributed by atoms with Crippen LogP contribution in [0.25, 0.3) is 0 Å². The Morgan fingerprint density at radius 2 is 2.20 bits per heavy atom. The molecular formula is C7H9NO2. The van der Waals surface area contributed by atoms with E-state index >= 15 is 0 Å². The molecule has 54 valence electrons. The number of aromatic nitrogens is 1. The van der Waals surface area contributed by atoms with Crippen molar-refractivity contribution in [3.8, 4) is 5.88 Å². The van der Waals surface area contributed by atoms with Gasteiger partial charge in [-0.3, -0.25) is 0 Å². The van der Waals surface area contributed by atoms with Crippen LogP contribution in [0.2, 0.25) is 0 Å². The van der Waals surface area contributed by atoms with Gasteiger partial charge in [-0.05, 0) is 18.6 Å². The first-order valence-corrected chi connectivity index (χ1v) is 3.03. The fourth-order valence-corrected chi connectivity index (χ4v) is 0.645. The summed E-state index contributed by atoms with van der Waals surface area (Å²) in [7, 11) is 0. The maximum atomic E-state index is 8.99. The second-order valence-electron chi connectivity index (χ2n) is 2.13. The molecule has 3 nitrogen and oxygen atoms in total. The molecule has 2 N–H and O–H groups in total. The molecule has 0 aliphatic rings. The molecule has 0 amide bonds. The molecule has 0 radical (unpaired) electrons. The van der Waals surface area contributed by atoms with E-state index in [4.69, 9.17) is 10.2 Å². The number of pyridine rings is 1. The Balaban J connectivity index is 2.89. The first kappa shape index (κ1) is 7.02. The highest BCUT2D eigenvalue weighted by Gasteiger charge is 1.98. The quantitative estimate of drug-likeness (QED) is 0.606. The van der Waals surface area contributed by atoms with E-state index in [2.05, 4.69) is 4.98 Å². The van der Waals surface area contributed by atoms with Crippen LogP contribution in [0.5, 0.6) is 5.88 Å². The summed E-state index contributed by atoms with van der Waals surface area (Å²) in [6.45, 7) is 1.65. The number of aliphatic hydroxyl groups excluding tert-OH is 1. The standard InChI is InChI=1S/C7H9NO2/c1-5(9)6-2-3-7(10)8-4-6/h2-5,9H,1H3,(H,8,10). The molecule has 0 aliphatic carbocycles. The summed E-state index contributed by atoms with van der Waals surface area (Å²) in [5.41, 5.74) is 0.706. The van der Waals surface area contributed by atoms with Crippen molar-refractivity contribution < 1.29 is 10.2 Å². The van der Waals surface area contributed by atoms with Crippen molar-refractivity contribution in [2.75, 3.05) is 0 Å². The van der Waals surface area contributed by atoms with Gasteiger partial charge in [0, 0.05) is 12.3 Å². The highest BCUT2D eigenvalue weighted by molar-refractivity contribution is 5.17. The molecular weight excluding hydrogens is 130 g/mol. The van der Waals surface area contributed by atoms with Crippen molar-refractivity contribution in [3.63, 3.8) is 0 Å².